The number of nitrogens with zero attached hydrogens (tertiary/aromatic N) is 2. The standard InChI is InChI=1S/C22H28N2O4S/c1-5-23(6-2)29(26,27)19-11-12-21(16(3)13-19)28-15-22(25)24-17(4)14-18-9-7-8-10-20(18)24/h7-13,17H,5-6,14-15H2,1-4H3/t17-/m1/s1. The molecule has 0 spiro atoms. The molecule has 0 radical (unpaired) electrons. The Kier molecular flexibility index (Phi) is 6.29. The molecule has 0 aliphatic carbocycles. The second-order valence-corrected chi connectivity index (χ2v) is 9.19. The molecule has 0 saturated heterocycles. The molecule has 0 aromatic heterocycles. The summed E-state index contributed by atoms with van der Waals surface area (Å²) in [7, 11) is -3.52. The van der Waals surface area contributed by atoms with E-state index in [1.165, 1.54) is 10.4 Å². The number of para-hydroxylation sites is 1. The molecule has 7 heteroatoms. The first-order chi connectivity index (χ1) is 13.8. The van der Waals surface area contributed by atoms with E-state index in [4.69, 9.17) is 4.74 Å². The Morgan fingerprint density at radius 2 is 1.86 bits per heavy atom. The van der Waals surface area contributed by atoms with Crippen molar-refractivity contribution in [3.63, 3.8) is 0 Å². The van der Waals surface area contributed by atoms with Crippen molar-refractivity contribution in [2.75, 3.05) is 24.6 Å². The lowest BCUT2D eigenvalue weighted by atomic mass is 10.1. The summed E-state index contributed by atoms with van der Waals surface area (Å²) in [6, 6.07) is 12.8. The summed E-state index contributed by atoms with van der Waals surface area (Å²) in [4.78, 5) is 14.8. The highest BCUT2D eigenvalue weighted by atomic mass is 32.2. The first-order valence-electron chi connectivity index (χ1n) is 9.93. The van der Waals surface area contributed by atoms with Crippen LogP contribution in [0.15, 0.2) is 47.4 Å². The van der Waals surface area contributed by atoms with E-state index in [1.54, 1.807) is 24.0 Å². The van der Waals surface area contributed by atoms with E-state index in [1.807, 2.05) is 45.0 Å². The maximum absolute atomic E-state index is 12.8. The third-order valence-corrected chi connectivity index (χ3v) is 7.36. The van der Waals surface area contributed by atoms with Gasteiger partial charge in [-0.1, -0.05) is 32.0 Å². The molecule has 29 heavy (non-hydrogen) atoms. The van der Waals surface area contributed by atoms with Gasteiger partial charge in [-0.15, -0.1) is 0 Å². The number of hydrogen-bond donors (Lipinski definition) is 0. The fourth-order valence-electron chi connectivity index (χ4n) is 3.81. The molecule has 0 bridgehead atoms. The molecule has 0 saturated carbocycles. The second kappa shape index (κ2) is 8.55. The van der Waals surface area contributed by atoms with Crippen LogP contribution in [0.3, 0.4) is 0 Å². The third kappa shape index (κ3) is 4.16. The van der Waals surface area contributed by atoms with Gasteiger partial charge in [0, 0.05) is 24.8 Å². The summed E-state index contributed by atoms with van der Waals surface area (Å²) in [6.45, 7) is 8.18. The number of amides is 1. The first kappa shape index (κ1) is 21.3. The Morgan fingerprint density at radius 3 is 2.52 bits per heavy atom. The maximum atomic E-state index is 12.8. The number of fused-ring (bicyclic) bond motifs is 1. The second-order valence-electron chi connectivity index (χ2n) is 7.25. The Labute approximate surface area is 173 Å². The van der Waals surface area contributed by atoms with Crippen LogP contribution in [0.4, 0.5) is 5.69 Å². The average Bonchev–Trinajstić information content (AvgIpc) is 3.03. The molecule has 2 aromatic rings. The van der Waals surface area contributed by atoms with Gasteiger partial charge < -0.3 is 9.64 Å². The molecule has 3 rings (SSSR count). The van der Waals surface area contributed by atoms with Crippen molar-refractivity contribution in [1.29, 1.82) is 0 Å². The SMILES string of the molecule is CCN(CC)S(=O)(=O)c1ccc(OCC(=O)N2c3ccccc3C[C@H]2C)c(C)c1. The van der Waals surface area contributed by atoms with Gasteiger partial charge in [0.25, 0.3) is 5.91 Å². The summed E-state index contributed by atoms with van der Waals surface area (Å²) in [5.74, 6) is 0.402. The van der Waals surface area contributed by atoms with Crippen LogP contribution in [0.1, 0.15) is 31.9 Å². The lowest BCUT2D eigenvalue weighted by Crippen LogP contribution is -2.39. The summed E-state index contributed by atoms with van der Waals surface area (Å²) >= 11 is 0. The molecule has 0 unspecified atom stereocenters. The number of rotatable bonds is 7. The molecule has 1 heterocycles. The van der Waals surface area contributed by atoms with Gasteiger partial charge in [0.05, 0.1) is 4.90 Å². The highest BCUT2D eigenvalue weighted by Gasteiger charge is 2.30. The monoisotopic (exact) mass is 416 g/mol. The maximum Gasteiger partial charge on any atom is 0.265 e. The normalized spacial score (nSPS) is 16.2. The van der Waals surface area contributed by atoms with Gasteiger partial charge in [-0.05, 0) is 55.7 Å². The first-order valence-corrected chi connectivity index (χ1v) is 11.4. The number of aryl methyl sites for hydroxylation is 1. The van der Waals surface area contributed by atoms with Crippen LogP contribution >= 0.6 is 0 Å². The molecule has 0 fully saturated rings. The van der Waals surface area contributed by atoms with Crippen molar-refractivity contribution in [3.05, 3.63) is 53.6 Å². The Balaban J connectivity index is 1.73. The molecule has 1 atom stereocenters. The Hall–Kier alpha value is -2.38. The van der Waals surface area contributed by atoms with Gasteiger partial charge in [-0.25, -0.2) is 8.42 Å². The van der Waals surface area contributed by atoms with Gasteiger partial charge in [0.1, 0.15) is 5.75 Å². The topological polar surface area (TPSA) is 66.9 Å². The Morgan fingerprint density at radius 1 is 1.17 bits per heavy atom. The van der Waals surface area contributed by atoms with Gasteiger partial charge in [-0.3, -0.25) is 4.79 Å². The molecule has 2 aromatic carbocycles. The van der Waals surface area contributed by atoms with Crippen molar-refractivity contribution in [2.45, 2.75) is 45.1 Å². The molecule has 1 amide bonds. The fourth-order valence-corrected chi connectivity index (χ4v) is 5.36. The minimum absolute atomic E-state index is 0.0891. The highest BCUT2D eigenvalue weighted by molar-refractivity contribution is 7.89. The Bertz CT molecular complexity index is 1000. The largest absolute Gasteiger partial charge is 0.483 e. The number of carbonyl (C=O) groups is 1. The minimum atomic E-state index is -3.52. The third-order valence-electron chi connectivity index (χ3n) is 5.32. The predicted molar refractivity (Wildman–Crippen MR) is 114 cm³/mol. The molecule has 6 nitrogen and oxygen atoms in total. The van der Waals surface area contributed by atoms with E-state index in [2.05, 4.69) is 0 Å². The lowest BCUT2D eigenvalue weighted by Gasteiger charge is -2.23. The molecule has 156 valence electrons. The molecule has 1 aliphatic heterocycles. The van der Waals surface area contributed by atoms with Crippen molar-refractivity contribution < 1.29 is 17.9 Å². The van der Waals surface area contributed by atoms with Crippen LogP contribution in [0, 0.1) is 6.92 Å². The zero-order valence-electron chi connectivity index (χ0n) is 17.4. The summed E-state index contributed by atoms with van der Waals surface area (Å²) < 4.78 is 32.5. The fraction of sp³-hybridized carbons (Fsp3) is 0.409. The van der Waals surface area contributed by atoms with Crippen LogP contribution < -0.4 is 9.64 Å². The van der Waals surface area contributed by atoms with E-state index >= 15 is 0 Å². The highest BCUT2D eigenvalue weighted by Crippen LogP contribution is 2.32. The minimum Gasteiger partial charge on any atom is -0.483 e. The predicted octanol–water partition coefficient (Wildman–Crippen LogP) is 3.38. The number of ether oxygens (including phenoxy) is 1. The summed E-state index contributed by atoms with van der Waals surface area (Å²) in [6.07, 6.45) is 0.832. The molecular formula is C22H28N2O4S. The van der Waals surface area contributed by atoms with Gasteiger partial charge in [0.15, 0.2) is 6.61 Å². The van der Waals surface area contributed by atoms with Crippen molar-refractivity contribution in [3.8, 4) is 5.75 Å². The van der Waals surface area contributed by atoms with Crippen molar-refractivity contribution in [1.82, 2.24) is 4.31 Å². The average molecular weight is 417 g/mol. The van der Waals surface area contributed by atoms with E-state index in [0.717, 1.165) is 17.7 Å². The number of anilines is 1. The zero-order valence-corrected chi connectivity index (χ0v) is 18.2. The molecule has 0 N–H and O–H groups in total. The number of benzene rings is 2. The smallest absolute Gasteiger partial charge is 0.265 e. The van der Waals surface area contributed by atoms with Crippen molar-refractivity contribution >= 4 is 21.6 Å². The molecular weight excluding hydrogens is 388 g/mol. The van der Waals surface area contributed by atoms with E-state index in [9.17, 15) is 13.2 Å². The zero-order chi connectivity index (χ0) is 21.2. The van der Waals surface area contributed by atoms with Crippen LogP contribution in [-0.2, 0) is 21.2 Å². The van der Waals surface area contributed by atoms with E-state index in [0.29, 0.717) is 24.4 Å². The number of hydrogen-bond acceptors (Lipinski definition) is 4. The van der Waals surface area contributed by atoms with Gasteiger partial charge >= 0.3 is 0 Å². The van der Waals surface area contributed by atoms with Gasteiger partial charge in [0.2, 0.25) is 10.0 Å². The van der Waals surface area contributed by atoms with Gasteiger partial charge in [-0.2, -0.15) is 4.31 Å². The summed E-state index contributed by atoms with van der Waals surface area (Å²) in [5, 5.41) is 0. The number of sulfonamides is 1. The van der Waals surface area contributed by atoms with Crippen LogP contribution in [0.25, 0.3) is 0 Å². The number of carbonyl (C=O) groups excluding carboxylic acids is 1. The van der Waals surface area contributed by atoms with E-state index in [-0.39, 0.29) is 23.5 Å². The van der Waals surface area contributed by atoms with E-state index < -0.39 is 10.0 Å². The lowest BCUT2D eigenvalue weighted by molar-refractivity contribution is -0.120. The van der Waals surface area contributed by atoms with Crippen LogP contribution in [-0.4, -0.2) is 44.4 Å². The van der Waals surface area contributed by atoms with Crippen LogP contribution in [0.5, 0.6) is 5.75 Å². The quantitative estimate of drug-likeness (QED) is 0.694. The van der Waals surface area contributed by atoms with Crippen LogP contribution in [0.2, 0.25) is 0 Å². The van der Waals surface area contributed by atoms with Crippen molar-refractivity contribution in [2.24, 2.45) is 0 Å². The molecule has 1 aliphatic rings. The summed E-state index contributed by atoms with van der Waals surface area (Å²) in [5.41, 5.74) is 2.78.